The Morgan fingerprint density at radius 3 is 2.89 bits per heavy atom. The fourth-order valence-electron chi connectivity index (χ4n) is 2.90. The highest BCUT2D eigenvalue weighted by molar-refractivity contribution is 5.79. The third kappa shape index (κ3) is 4.35. The van der Waals surface area contributed by atoms with Crippen LogP contribution in [0.15, 0.2) is 4.99 Å². The van der Waals surface area contributed by atoms with Gasteiger partial charge in [0.15, 0.2) is 5.96 Å². The Morgan fingerprint density at radius 1 is 1.47 bits per heavy atom. The lowest BCUT2D eigenvalue weighted by Gasteiger charge is -2.25. The van der Waals surface area contributed by atoms with Crippen molar-refractivity contribution in [3.8, 4) is 0 Å². The highest BCUT2D eigenvalue weighted by Gasteiger charge is 2.29. The third-order valence-corrected chi connectivity index (χ3v) is 4.20. The summed E-state index contributed by atoms with van der Waals surface area (Å²) < 4.78 is 5.78. The second kappa shape index (κ2) is 6.57. The first-order valence-electron chi connectivity index (χ1n) is 7.38. The van der Waals surface area contributed by atoms with Crippen molar-refractivity contribution in [3.63, 3.8) is 0 Å². The van der Waals surface area contributed by atoms with Crippen molar-refractivity contribution in [1.29, 1.82) is 0 Å². The molecular weight excluding hydrogens is 240 g/mol. The van der Waals surface area contributed by atoms with Gasteiger partial charge in [-0.1, -0.05) is 0 Å². The van der Waals surface area contributed by atoms with Crippen LogP contribution in [0.1, 0.15) is 26.2 Å². The number of ether oxygens (including phenoxy) is 1. The van der Waals surface area contributed by atoms with E-state index in [0.717, 1.165) is 38.0 Å². The van der Waals surface area contributed by atoms with Crippen LogP contribution in [0.25, 0.3) is 0 Å². The van der Waals surface area contributed by atoms with Crippen LogP contribution in [-0.2, 0) is 4.74 Å². The van der Waals surface area contributed by atoms with E-state index in [0.29, 0.717) is 0 Å². The molecule has 2 atom stereocenters. The summed E-state index contributed by atoms with van der Waals surface area (Å²) in [5.74, 6) is 1.63. The zero-order valence-electron chi connectivity index (χ0n) is 12.5. The van der Waals surface area contributed by atoms with E-state index < -0.39 is 0 Å². The molecule has 0 aromatic heterocycles. The van der Waals surface area contributed by atoms with Crippen LogP contribution in [0.3, 0.4) is 0 Å². The maximum absolute atomic E-state index is 5.78. The third-order valence-electron chi connectivity index (χ3n) is 4.20. The van der Waals surface area contributed by atoms with Gasteiger partial charge in [-0.05, 0) is 45.7 Å². The van der Waals surface area contributed by atoms with Gasteiger partial charge in [0.2, 0.25) is 0 Å². The van der Waals surface area contributed by atoms with Gasteiger partial charge in [-0.3, -0.25) is 4.99 Å². The predicted molar refractivity (Wildman–Crippen MR) is 78.6 cm³/mol. The van der Waals surface area contributed by atoms with Crippen molar-refractivity contribution in [3.05, 3.63) is 0 Å². The highest BCUT2D eigenvalue weighted by Crippen LogP contribution is 2.23. The van der Waals surface area contributed by atoms with Gasteiger partial charge < -0.3 is 20.3 Å². The van der Waals surface area contributed by atoms with E-state index in [2.05, 4.69) is 34.5 Å². The molecule has 0 radical (unpaired) electrons. The second-order valence-electron chi connectivity index (χ2n) is 6.13. The van der Waals surface area contributed by atoms with Gasteiger partial charge in [0, 0.05) is 33.3 Å². The first-order chi connectivity index (χ1) is 9.11. The Balaban J connectivity index is 1.68. The number of hydrogen-bond donors (Lipinski definition) is 2. The van der Waals surface area contributed by atoms with Crippen molar-refractivity contribution in [1.82, 2.24) is 15.5 Å². The molecule has 2 rings (SSSR count). The van der Waals surface area contributed by atoms with Gasteiger partial charge in [-0.25, -0.2) is 0 Å². The normalized spacial score (nSPS) is 32.8. The Morgan fingerprint density at radius 2 is 2.32 bits per heavy atom. The monoisotopic (exact) mass is 268 g/mol. The lowest BCUT2D eigenvalue weighted by Crippen LogP contribution is -2.46. The van der Waals surface area contributed by atoms with Crippen LogP contribution in [-0.4, -0.2) is 63.3 Å². The van der Waals surface area contributed by atoms with Crippen molar-refractivity contribution >= 4 is 5.96 Å². The van der Waals surface area contributed by atoms with E-state index in [1.54, 1.807) is 0 Å². The van der Waals surface area contributed by atoms with E-state index in [1.165, 1.54) is 25.9 Å². The summed E-state index contributed by atoms with van der Waals surface area (Å²) in [6.07, 6.45) is 3.57. The zero-order valence-corrected chi connectivity index (χ0v) is 12.5. The molecule has 2 aliphatic rings. The maximum Gasteiger partial charge on any atom is 0.191 e. The highest BCUT2D eigenvalue weighted by atomic mass is 16.5. The van der Waals surface area contributed by atoms with E-state index in [4.69, 9.17) is 4.74 Å². The van der Waals surface area contributed by atoms with Crippen molar-refractivity contribution in [2.45, 2.75) is 31.8 Å². The molecule has 2 aliphatic heterocycles. The summed E-state index contributed by atoms with van der Waals surface area (Å²) >= 11 is 0. The van der Waals surface area contributed by atoms with E-state index in [-0.39, 0.29) is 5.60 Å². The number of likely N-dealkylation sites (tertiary alicyclic amines) is 1. The summed E-state index contributed by atoms with van der Waals surface area (Å²) in [5, 5.41) is 6.82. The van der Waals surface area contributed by atoms with Crippen molar-refractivity contribution in [2.24, 2.45) is 10.9 Å². The van der Waals surface area contributed by atoms with Gasteiger partial charge in [-0.15, -0.1) is 0 Å². The van der Waals surface area contributed by atoms with Crippen LogP contribution >= 0.6 is 0 Å². The zero-order chi connectivity index (χ0) is 13.7. The molecule has 0 aliphatic carbocycles. The molecule has 0 spiro atoms. The molecule has 110 valence electrons. The Hall–Kier alpha value is -0.810. The molecule has 0 aromatic rings. The molecule has 2 heterocycles. The van der Waals surface area contributed by atoms with Crippen LogP contribution in [0, 0.1) is 5.92 Å². The average Bonchev–Trinajstić information content (AvgIpc) is 2.99. The summed E-state index contributed by atoms with van der Waals surface area (Å²) in [6, 6.07) is 0. The van der Waals surface area contributed by atoms with Crippen LogP contribution in [0.5, 0.6) is 0 Å². The molecule has 2 N–H and O–H groups in total. The molecule has 0 bridgehead atoms. The molecule has 2 saturated heterocycles. The molecular formula is C14H28N4O. The second-order valence-corrected chi connectivity index (χ2v) is 6.13. The fraction of sp³-hybridized carbons (Fsp3) is 0.929. The first-order valence-corrected chi connectivity index (χ1v) is 7.38. The SMILES string of the molecule is CN=C(NCC1CCN(C)C1)NCC1(C)CCCO1. The topological polar surface area (TPSA) is 48.9 Å². The Kier molecular flexibility index (Phi) is 5.05. The lowest BCUT2D eigenvalue weighted by atomic mass is 10.0. The molecule has 0 aromatic carbocycles. The molecule has 0 amide bonds. The van der Waals surface area contributed by atoms with E-state index >= 15 is 0 Å². The van der Waals surface area contributed by atoms with Crippen molar-refractivity contribution < 1.29 is 4.74 Å². The maximum atomic E-state index is 5.78. The number of nitrogens with zero attached hydrogens (tertiary/aromatic N) is 2. The van der Waals surface area contributed by atoms with Crippen molar-refractivity contribution in [2.75, 3.05) is 46.9 Å². The van der Waals surface area contributed by atoms with E-state index in [1.807, 2.05) is 7.05 Å². The quantitative estimate of drug-likeness (QED) is 0.581. The predicted octanol–water partition coefficient (Wildman–Crippen LogP) is 0.672. The van der Waals surface area contributed by atoms with Gasteiger partial charge in [0.1, 0.15) is 0 Å². The van der Waals surface area contributed by atoms with Crippen LogP contribution in [0.4, 0.5) is 0 Å². The summed E-state index contributed by atoms with van der Waals surface area (Å²) in [6.45, 7) is 7.29. The first kappa shape index (κ1) is 14.6. The summed E-state index contributed by atoms with van der Waals surface area (Å²) in [7, 11) is 4.01. The minimum Gasteiger partial charge on any atom is -0.373 e. The molecule has 2 unspecified atom stereocenters. The number of nitrogens with one attached hydrogen (secondary N) is 2. The molecule has 5 heteroatoms. The van der Waals surface area contributed by atoms with Crippen LogP contribution in [0.2, 0.25) is 0 Å². The summed E-state index contributed by atoms with van der Waals surface area (Å²) in [5.41, 5.74) is -0.0226. The number of guanidine groups is 1. The molecule has 2 fully saturated rings. The van der Waals surface area contributed by atoms with Gasteiger partial charge >= 0.3 is 0 Å². The molecule has 5 nitrogen and oxygen atoms in total. The minimum atomic E-state index is -0.0226. The molecule has 19 heavy (non-hydrogen) atoms. The number of aliphatic imine (C=N–C) groups is 1. The van der Waals surface area contributed by atoms with Gasteiger partial charge in [0.25, 0.3) is 0 Å². The summed E-state index contributed by atoms with van der Waals surface area (Å²) in [4.78, 5) is 6.67. The fourth-order valence-corrected chi connectivity index (χ4v) is 2.90. The van der Waals surface area contributed by atoms with Gasteiger partial charge in [-0.2, -0.15) is 0 Å². The standard InChI is InChI=1S/C14H28N4O/c1-14(6-4-8-19-14)11-17-13(15-2)16-9-12-5-7-18(3)10-12/h12H,4-11H2,1-3H3,(H2,15,16,17). The molecule has 0 saturated carbocycles. The average molecular weight is 268 g/mol. The van der Waals surface area contributed by atoms with Gasteiger partial charge in [0.05, 0.1) is 5.60 Å². The van der Waals surface area contributed by atoms with E-state index in [9.17, 15) is 0 Å². The number of rotatable bonds is 4. The largest absolute Gasteiger partial charge is 0.373 e. The Labute approximate surface area is 116 Å². The van der Waals surface area contributed by atoms with Crippen LogP contribution < -0.4 is 10.6 Å². The lowest BCUT2D eigenvalue weighted by molar-refractivity contribution is 0.0243. The minimum absolute atomic E-state index is 0.0226. The Bertz CT molecular complexity index is 313. The smallest absolute Gasteiger partial charge is 0.191 e. The number of hydrogen-bond acceptors (Lipinski definition) is 3.